The van der Waals surface area contributed by atoms with Gasteiger partial charge in [-0.1, -0.05) is 0 Å². The summed E-state index contributed by atoms with van der Waals surface area (Å²) in [6.45, 7) is 0. The molecular weight excluding hydrogens is 314 g/mol. The molecule has 0 fully saturated rings. The molecule has 0 radical (unpaired) electrons. The molecule has 2 rings (SSSR count). The number of aromatic nitrogens is 1. The van der Waals surface area contributed by atoms with Crippen molar-refractivity contribution in [3.8, 4) is 11.7 Å². The van der Waals surface area contributed by atoms with E-state index in [1.807, 2.05) is 18.2 Å². The summed E-state index contributed by atoms with van der Waals surface area (Å²) in [5.41, 5.74) is 0. The minimum Gasteiger partial charge on any atom is -0.425 e. The summed E-state index contributed by atoms with van der Waals surface area (Å²) in [7, 11) is 0. The van der Waals surface area contributed by atoms with Gasteiger partial charge in [0, 0.05) is 8.95 Å². The normalized spacial score (nSPS) is 10.1. The van der Waals surface area contributed by atoms with E-state index < -0.39 is 0 Å². The maximum absolute atomic E-state index is 5.37. The van der Waals surface area contributed by atoms with Crippen LogP contribution in [0.1, 0.15) is 0 Å². The average Bonchev–Trinajstić information content (AvgIpc) is 2.64. The van der Waals surface area contributed by atoms with E-state index in [0.29, 0.717) is 11.7 Å². The molecule has 0 saturated heterocycles. The van der Waals surface area contributed by atoms with Crippen molar-refractivity contribution in [1.29, 1.82) is 0 Å². The Hall–Kier alpha value is -0.810. The maximum atomic E-state index is 5.37. The summed E-state index contributed by atoms with van der Waals surface area (Å²) in [5, 5.41) is 0. The van der Waals surface area contributed by atoms with E-state index in [4.69, 9.17) is 9.15 Å². The first-order valence-corrected chi connectivity index (χ1v) is 5.36. The molecule has 14 heavy (non-hydrogen) atoms. The van der Waals surface area contributed by atoms with Gasteiger partial charge in [0.25, 0.3) is 0 Å². The second-order valence-corrected chi connectivity index (χ2v) is 4.21. The van der Waals surface area contributed by atoms with Gasteiger partial charge in [-0.05, 0) is 50.1 Å². The van der Waals surface area contributed by atoms with Crippen molar-refractivity contribution in [2.45, 2.75) is 0 Å². The Labute approximate surface area is 97.4 Å². The summed E-state index contributed by atoms with van der Waals surface area (Å²) in [6.07, 6.45) is 2.83. The molecule has 0 aliphatic rings. The smallest absolute Gasteiger partial charge is 0.310 e. The highest BCUT2D eigenvalue weighted by Crippen LogP contribution is 2.29. The van der Waals surface area contributed by atoms with Crippen LogP contribution in [-0.4, -0.2) is 4.98 Å². The summed E-state index contributed by atoms with van der Waals surface area (Å²) in [6, 6.07) is 5.56. The van der Waals surface area contributed by atoms with Gasteiger partial charge in [0.2, 0.25) is 0 Å². The van der Waals surface area contributed by atoms with Crippen LogP contribution >= 0.6 is 31.9 Å². The largest absolute Gasteiger partial charge is 0.425 e. The first kappa shape index (κ1) is 9.73. The highest BCUT2D eigenvalue weighted by Gasteiger charge is 2.02. The van der Waals surface area contributed by atoms with Crippen LogP contribution in [-0.2, 0) is 0 Å². The van der Waals surface area contributed by atoms with Crippen molar-refractivity contribution in [2.24, 2.45) is 0 Å². The highest BCUT2D eigenvalue weighted by molar-refractivity contribution is 9.13. The second-order valence-electron chi connectivity index (χ2n) is 2.50. The Kier molecular flexibility index (Phi) is 2.88. The van der Waals surface area contributed by atoms with Crippen LogP contribution in [0.15, 0.2) is 44.2 Å². The van der Waals surface area contributed by atoms with E-state index in [-0.39, 0.29) is 0 Å². The van der Waals surface area contributed by atoms with Crippen molar-refractivity contribution < 1.29 is 9.15 Å². The molecule has 1 aromatic heterocycles. The van der Waals surface area contributed by atoms with Crippen molar-refractivity contribution >= 4 is 31.9 Å². The Bertz CT molecular complexity index is 428. The van der Waals surface area contributed by atoms with Crippen LogP contribution in [0, 0.1) is 0 Å². The van der Waals surface area contributed by atoms with Gasteiger partial charge in [-0.3, -0.25) is 0 Å². The van der Waals surface area contributed by atoms with E-state index in [2.05, 4.69) is 36.8 Å². The van der Waals surface area contributed by atoms with Gasteiger partial charge in [0.15, 0.2) is 6.39 Å². The first-order valence-electron chi connectivity index (χ1n) is 3.77. The Morgan fingerprint density at radius 2 is 2.07 bits per heavy atom. The standard InChI is InChI=1S/C9H5Br2NO2/c10-7-2-1-6(3-8(7)11)14-9-4-12-5-13-9/h1-5H. The SMILES string of the molecule is Brc1ccc(Oc2cnco2)cc1Br. The van der Waals surface area contributed by atoms with Gasteiger partial charge in [0.1, 0.15) is 11.9 Å². The van der Waals surface area contributed by atoms with Gasteiger partial charge in [-0.25, -0.2) is 4.98 Å². The number of hydrogen-bond acceptors (Lipinski definition) is 3. The zero-order valence-electron chi connectivity index (χ0n) is 6.91. The van der Waals surface area contributed by atoms with E-state index in [0.717, 1.165) is 8.95 Å². The minimum atomic E-state index is 0.374. The van der Waals surface area contributed by atoms with Gasteiger partial charge < -0.3 is 9.15 Å². The summed E-state index contributed by atoms with van der Waals surface area (Å²) in [5.74, 6) is 1.07. The first-order chi connectivity index (χ1) is 6.75. The average molecular weight is 319 g/mol. The number of benzene rings is 1. The Balaban J connectivity index is 2.22. The third-order valence-corrected chi connectivity index (χ3v) is 3.40. The zero-order valence-corrected chi connectivity index (χ0v) is 10.1. The fourth-order valence-corrected chi connectivity index (χ4v) is 1.52. The van der Waals surface area contributed by atoms with Crippen LogP contribution in [0.25, 0.3) is 0 Å². The van der Waals surface area contributed by atoms with Crippen molar-refractivity contribution in [2.75, 3.05) is 0 Å². The maximum Gasteiger partial charge on any atom is 0.310 e. The third-order valence-electron chi connectivity index (χ3n) is 1.52. The number of oxazole rings is 1. The van der Waals surface area contributed by atoms with Crippen LogP contribution < -0.4 is 4.74 Å². The molecule has 72 valence electrons. The molecule has 0 saturated carbocycles. The molecule has 0 N–H and O–H groups in total. The summed E-state index contributed by atoms with van der Waals surface area (Å²) in [4.78, 5) is 3.75. The predicted octanol–water partition coefficient (Wildman–Crippen LogP) is 3.99. The lowest BCUT2D eigenvalue weighted by molar-refractivity contribution is 0.346. The molecular formula is C9H5Br2NO2. The number of ether oxygens (including phenoxy) is 1. The molecule has 0 spiro atoms. The lowest BCUT2D eigenvalue weighted by Crippen LogP contribution is -1.81. The molecule has 0 amide bonds. The predicted molar refractivity (Wildman–Crippen MR) is 58.4 cm³/mol. The summed E-state index contributed by atoms with van der Waals surface area (Å²) >= 11 is 6.75. The van der Waals surface area contributed by atoms with Crippen molar-refractivity contribution in [3.05, 3.63) is 39.7 Å². The highest BCUT2D eigenvalue weighted by atomic mass is 79.9. The molecule has 0 bridgehead atoms. The number of halogens is 2. The van der Waals surface area contributed by atoms with Crippen molar-refractivity contribution in [3.63, 3.8) is 0 Å². The molecule has 1 aromatic carbocycles. The Morgan fingerprint density at radius 3 is 2.71 bits per heavy atom. The lowest BCUT2D eigenvalue weighted by Gasteiger charge is -2.02. The Morgan fingerprint density at radius 1 is 1.21 bits per heavy atom. The third kappa shape index (κ3) is 2.16. The van der Waals surface area contributed by atoms with Gasteiger partial charge >= 0.3 is 5.95 Å². The number of rotatable bonds is 2. The molecule has 0 unspecified atom stereocenters. The van der Waals surface area contributed by atoms with E-state index >= 15 is 0 Å². The second kappa shape index (κ2) is 4.14. The molecule has 1 heterocycles. The lowest BCUT2D eigenvalue weighted by atomic mass is 10.3. The monoisotopic (exact) mass is 317 g/mol. The molecule has 5 heteroatoms. The molecule has 3 nitrogen and oxygen atoms in total. The van der Waals surface area contributed by atoms with Gasteiger partial charge in [-0.2, -0.15) is 0 Å². The fourth-order valence-electron chi connectivity index (χ4n) is 0.911. The number of nitrogens with zero attached hydrogens (tertiary/aromatic N) is 1. The fraction of sp³-hybridized carbons (Fsp3) is 0. The van der Waals surface area contributed by atoms with Crippen LogP contribution in [0.4, 0.5) is 0 Å². The molecule has 0 aliphatic heterocycles. The van der Waals surface area contributed by atoms with Gasteiger partial charge in [-0.15, -0.1) is 0 Å². The van der Waals surface area contributed by atoms with E-state index in [9.17, 15) is 0 Å². The van der Waals surface area contributed by atoms with Gasteiger partial charge in [0.05, 0.1) is 0 Å². The van der Waals surface area contributed by atoms with Crippen LogP contribution in [0.5, 0.6) is 11.7 Å². The minimum absolute atomic E-state index is 0.374. The molecule has 2 aromatic rings. The van der Waals surface area contributed by atoms with E-state index in [1.165, 1.54) is 12.6 Å². The summed E-state index contributed by atoms with van der Waals surface area (Å²) < 4.78 is 12.2. The molecule has 0 aliphatic carbocycles. The van der Waals surface area contributed by atoms with Crippen LogP contribution in [0.3, 0.4) is 0 Å². The van der Waals surface area contributed by atoms with Crippen molar-refractivity contribution in [1.82, 2.24) is 4.98 Å². The van der Waals surface area contributed by atoms with Crippen LogP contribution in [0.2, 0.25) is 0 Å². The quantitative estimate of drug-likeness (QED) is 0.839. The molecule has 0 atom stereocenters. The van der Waals surface area contributed by atoms with E-state index in [1.54, 1.807) is 0 Å². The number of hydrogen-bond donors (Lipinski definition) is 0. The topological polar surface area (TPSA) is 35.3 Å². The zero-order chi connectivity index (χ0) is 9.97.